The summed E-state index contributed by atoms with van der Waals surface area (Å²) in [6, 6.07) is 8.00. The molecule has 0 aliphatic heterocycles. The molecule has 3 rings (SSSR count). The predicted octanol–water partition coefficient (Wildman–Crippen LogP) is 4.39. The van der Waals surface area contributed by atoms with Gasteiger partial charge in [-0.1, -0.05) is 12.1 Å². The SMILES string of the molecule is COC(=O)c1c(NC(=O)CN(C)[C@@H](C)c2nc3ccccc3s2)sc(C)c1C. The minimum atomic E-state index is -0.437. The average Bonchev–Trinajstić information content (AvgIpc) is 3.21. The van der Waals surface area contributed by atoms with E-state index in [0.717, 1.165) is 25.7 Å². The van der Waals surface area contributed by atoms with Gasteiger partial charge in [0.1, 0.15) is 10.0 Å². The van der Waals surface area contributed by atoms with E-state index in [4.69, 9.17) is 4.74 Å². The molecule has 0 aliphatic rings. The van der Waals surface area contributed by atoms with Crippen molar-refractivity contribution in [3.8, 4) is 0 Å². The lowest BCUT2D eigenvalue weighted by atomic mass is 10.1. The van der Waals surface area contributed by atoms with Crippen LogP contribution >= 0.6 is 22.7 Å². The molecule has 2 aromatic heterocycles. The van der Waals surface area contributed by atoms with E-state index in [2.05, 4.69) is 10.3 Å². The fourth-order valence-corrected chi connectivity index (χ4v) is 5.00. The second kappa shape index (κ2) is 8.38. The molecule has 2 heterocycles. The number of esters is 1. The number of hydrogen-bond donors (Lipinski definition) is 1. The maximum atomic E-state index is 12.6. The van der Waals surface area contributed by atoms with Gasteiger partial charge in [-0.15, -0.1) is 22.7 Å². The number of thiophene rings is 1. The predicted molar refractivity (Wildman–Crippen MR) is 114 cm³/mol. The number of aromatic nitrogens is 1. The van der Waals surface area contributed by atoms with Crippen LogP contribution in [0.25, 0.3) is 10.2 Å². The van der Waals surface area contributed by atoms with Crippen molar-refractivity contribution in [1.82, 2.24) is 9.88 Å². The third-order valence-electron chi connectivity index (χ3n) is 4.75. The molecule has 0 fully saturated rings. The number of para-hydroxylation sites is 1. The largest absolute Gasteiger partial charge is 0.465 e. The Hall–Kier alpha value is -2.29. The Kier molecular flexibility index (Phi) is 6.12. The van der Waals surface area contributed by atoms with Gasteiger partial charge in [-0.3, -0.25) is 9.69 Å². The second-order valence-electron chi connectivity index (χ2n) is 6.64. The Morgan fingerprint density at radius 1 is 1.25 bits per heavy atom. The number of amides is 1. The highest BCUT2D eigenvalue weighted by Gasteiger charge is 2.23. The zero-order chi connectivity index (χ0) is 20.4. The fraction of sp³-hybridized carbons (Fsp3) is 0.350. The number of ether oxygens (including phenoxy) is 1. The van der Waals surface area contributed by atoms with E-state index in [1.165, 1.54) is 18.4 Å². The number of anilines is 1. The van der Waals surface area contributed by atoms with E-state index in [1.807, 2.05) is 57.0 Å². The number of likely N-dealkylation sites (N-methyl/N-ethyl adjacent to an activating group) is 1. The number of fused-ring (bicyclic) bond motifs is 1. The summed E-state index contributed by atoms with van der Waals surface area (Å²) in [5.41, 5.74) is 2.24. The second-order valence-corrected chi connectivity index (χ2v) is 8.93. The lowest BCUT2D eigenvalue weighted by Crippen LogP contribution is -2.32. The molecule has 0 radical (unpaired) electrons. The molecule has 1 N–H and O–H groups in total. The molecule has 1 atom stereocenters. The quantitative estimate of drug-likeness (QED) is 0.602. The Morgan fingerprint density at radius 2 is 1.96 bits per heavy atom. The van der Waals surface area contributed by atoms with Gasteiger partial charge in [0.25, 0.3) is 0 Å². The van der Waals surface area contributed by atoms with Gasteiger partial charge in [-0.2, -0.15) is 0 Å². The van der Waals surface area contributed by atoms with Crippen LogP contribution in [0.1, 0.15) is 38.8 Å². The fourth-order valence-electron chi connectivity index (χ4n) is 2.85. The summed E-state index contributed by atoms with van der Waals surface area (Å²) in [6.07, 6.45) is 0. The highest BCUT2D eigenvalue weighted by atomic mass is 32.1. The molecule has 0 unspecified atom stereocenters. The molecule has 1 amide bonds. The summed E-state index contributed by atoms with van der Waals surface area (Å²) in [5, 5.41) is 4.37. The monoisotopic (exact) mass is 417 g/mol. The molecule has 28 heavy (non-hydrogen) atoms. The van der Waals surface area contributed by atoms with E-state index in [1.54, 1.807) is 11.3 Å². The molecule has 0 saturated carbocycles. The topological polar surface area (TPSA) is 71.5 Å². The average molecular weight is 418 g/mol. The van der Waals surface area contributed by atoms with Gasteiger partial charge in [0.05, 0.1) is 35.5 Å². The van der Waals surface area contributed by atoms with Gasteiger partial charge in [0, 0.05) is 4.88 Å². The van der Waals surface area contributed by atoms with Crippen molar-refractivity contribution in [2.75, 3.05) is 26.0 Å². The summed E-state index contributed by atoms with van der Waals surface area (Å²) in [4.78, 5) is 32.3. The summed E-state index contributed by atoms with van der Waals surface area (Å²) >= 11 is 3.02. The molecular formula is C20H23N3O3S2. The first-order valence-corrected chi connectivity index (χ1v) is 10.5. The first kappa shape index (κ1) is 20.4. The molecule has 0 bridgehead atoms. The van der Waals surface area contributed by atoms with Crippen LogP contribution in [0.15, 0.2) is 24.3 Å². The number of methoxy groups -OCH3 is 1. The Labute approximate surface area is 172 Å². The van der Waals surface area contributed by atoms with Crippen LogP contribution in [0.2, 0.25) is 0 Å². The lowest BCUT2D eigenvalue weighted by Gasteiger charge is -2.22. The molecule has 8 heteroatoms. The third-order valence-corrected chi connectivity index (χ3v) is 7.08. The Morgan fingerprint density at radius 3 is 2.64 bits per heavy atom. The van der Waals surface area contributed by atoms with Gasteiger partial charge < -0.3 is 10.1 Å². The third kappa shape index (κ3) is 4.09. The number of aryl methyl sites for hydroxylation is 1. The van der Waals surface area contributed by atoms with E-state index in [0.29, 0.717) is 10.6 Å². The number of rotatable bonds is 6. The van der Waals surface area contributed by atoms with Crippen molar-refractivity contribution >= 4 is 49.8 Å². The maximum absolute atomic E-state index is 12.6. The van der Waals surface area contributed by atoms with Crippen LogP contribution in [-0.2, 0) is 9.53 Å². The van der Waals surface area contributed by atoms with E-state index >= 15 is 0 Å². The van der Waals surface area contributed by atoms with Crippen molar-refractivity contribution in [1.29, 1.82) is 0 Å². The van der Waals surface area contributed by atoms with Crippen LogP contribution in [0.3, 0.4) is 0 Å². The zero-order valence-electron chi connectivity index (χ0n) is 16.5. The summed E-state index contributed by atoms with van der Waals surface area (Å²) < 4.78 is 5.99. The number of nitrogens with one attached hydrogen (secondary N) is 1. The van der Waals surface area contributed by atoms with Gasteiger partial charge in [-0.05, 0) is 45.5 Å². The number of benzene rings is 1. The van der Waals surface area contributed by atoms with Crippen LogP contribution in [0, 0.1) is 13.8 Å². The highest BCUT2D eigenvalue weighted by Crippen LogP contribution is 2.33. The minimum absolute atomic E-state index is 0.00460. The molecule has 0 aliphatic carbocycles. The molecule has 0 saturated heterocycles. The number of nitrogens with zero attached hydrogens (tertiary/aromatic N) is 2. The number of carbonyl (C=O) groups excluding carboxylic acids is 2. The first-order chi connectivity index (χ1) is 13.3. The molecular weight excluding hydrogens is 394 g/mol. The first-order valence-electron chi connectivity index (χ1n) is 8.85. The van der Waals surface area contributed by atoms with Crippen molar-refractivity contribution in [3.05, 3.63) is 45.3 Å². The molecule has 3 aromatic rings. The molecule has 1 aromatic carbocycles. The summed E-state index contributed by atoms with van der Waals surface area (Å²) in [7, 11) is 3.23. The number of thiazole rings is 1. The Bertz CT molecular complexity index is 992. The van der Waals surface area contributed by atoms with Gasteiger partial charge in [-0.25, -0.2) is 9.78 Å². The highest BCUT2D eigenvalue weighted by molar-refractivity contribution is 7.18. The van der Waals surface area contributed by atoms with Crippen molar-refractivity contribution < 1.29 is 14.3 Å². The normalized spacial score (nSPS) is 12.4. The summed E-state index contributed by atoms with van der Waals surface area (Å²) in [6.45, 7) is 6.00. The maximum Gasteiger partial charge on any atom is 0.341 e. The number of carbonyl (C=O) groups is 2. The van der Waals surface area contributed by atoms with Crippen LogP contribution in [0.5, 0.6) is 0 Å². The number of hydrogen-bond acceptors (Lipinski definition) is 7. The van der Waals surface area contributed by atoms with Crippen molar-refractivity contribution in [2.45, 2.75) is 26.8 Å². The van der Waals surface area contributed by atoms with E-state index in [9.17, 15) is 9.59 Å². The van der Waals surface area contributed by atoms with Gasteiger partial charge >= 0.3 is 5.97 Å². The van der Waals surface area contributed by atoms with Crippen molar-refractivity contribution in [2.24, 2.45) is 0 Å². The molecule has 0 spiro atoms. The zero-order valence-corrected chi connectivity index (χ0v) is 18.2. The molecule has 148 valence electrons. The smallest absolute Gasteiger partial charge is 0.341 e. The summed E-state index contributed by atoms with van der Waals surface area (Å²) in [5.74, 6) is -0.616. The van der Waals surface area contributed by atoms with Gasteiger partial charge in [0.2, 0.25) is 5.91 Å². The van der Waals surface area contributed by atoms with Crippen LogP contribution in [0.4, 0.5) is 5.00 Å². The van der Waals surface area contributed by atoms with E-state index in [-0.39, 0.29) is 18.5 Å². The lowest BCUT2D eigenvalue weighted by molar-refractivity contribution is -0.117. The molecule has 6 nitrogen and oxygen atoms in total. The van der Waals surface area contributed by atoms with Crippen molar-refractivity contribution in [3.63, 3.8) is 0 Å². The standard InChI is InChI=1S/C20H23N3O3S2/c1-11-13(3)27-19(17(11)20(25)26-5)22-16(24)10-23(4)12(2)18-21-14-8-6-7-9-15(14)28-18/h6-9,12H,10H2,1-5H3,(H,22,24)/t12-/m0/s1. The van der Waals surface area contributed by atoms with Gasteiger partial charge in [0.15, 0.2) is 0 Å². The Balaban J connectivity index is 1.71. The van der Waals surface area contributed by atoms with Crippen LogP contribution in [-0.4, -0.2) is 42.5 Å². The minimum Gasteiger partial charge on any atom is -0.465 e. The van der Waals surface area contributed by atoms with Crippen LogP contribution < -0.4 is 5.32 Å². The van der Waals surface area contributed by atoms with E-state index < -0.39 is 5.97 Å².